The number of halogens is 3. The molecule has 0 N–H and O–H groups in total. The summed E-state index contributed by atoms with van der Waals surface area (Å²) in [5.74, 6) is -3.39. The molecular formula is C12H15F3N2O4. The van der Waals surface area contributed by atoms with Gasteiger partial charge in [-0.15, -0.1) is 0 Å². The Bertz CT molecular complexity index is 452. The van der Waals surface area contributed by atoms with Gasteiger partial charge in [-0.1, -0.05) is 0 Å². The summed E-state index contributed by atoms with van der Waals surface area (Å²) in [7, 11) is 0. The summed E-state index contributed by atoms with van der Waals surface area (Å²) in [5.41, 5.74) is 0. The van der Waals surface area contributed by atoms with E-state index in [1.54, 1.807) is 0 Å². The average Bonchev–Trinajstić information content (AvgIpc) is 2.41. The number of nitrogens with zero attached hydrogens (tertiary/aromatic N) is 2. The lowest BCUT2D eigenvalue weighted by Crippen LogP contribution is -2.57. The Kier molecular flexibility index (Phi) is 4.38. The van der Waals surface area contributed by atoms with Gasteiger partial charge in [-0.3, -0.25) is 14.6 Å². The first-order valence-electron chi connectivity index (χ1n) is 6.70. The van der Waals surface area contributed by atoms with Gasteiger partial charge in [-0.2, -0.15) is 13.2 Å². The quantitative estimate of drug-likeness (QED) is 0.714. The molecule has 1 unspecified atom stereocenters. The number of piperidine rings is 2. The van der Waals surface area contributed by atoms with Crippen LogP contribution >= 0.6 is 0 Å². The Morgan fingerprint density at radius 1 is 1.10 bits per heavy atom. The van der Waals surface area contributed by atoms with Crippen LogP contribution in [0.1, 0.15) is 32.1 Å². The third kappa shape index (κ3) is 3.45. The number of hydrogen-bond donors (Lipinski definition) is 0. The molecule has 9 heteroatoms. The second kappa shape index (κ2) is 5.90. The molecule has 6 nitrogen and oxygen atoms in total. The SMILES string of the molecule is O=C1CCCCN1N1CCCC(OC(=O)C(F)(F)F)C1=O. The maximum Gasteiger partial charge on any atom is 0.490 e. The van der Waals surface area contributed by atoms with E-state index in [9.17, 15) is 27.6 Å². The summed E-state index contributed by atoms with van der Waals surface area (Å²) in [4.78, 5) is 34.7. The van der Waals surface area contributed by atoms with Crippen LogP contribution < -0.4 is 0 Å². The molecule has 2 rings (SSSR count). The number of amides is 2. The number of ether oxygens (including phenoxy) is 1. The van der Waals surface area contributed by atoms with Crippen LogP contribution in [0.4, 0.5) is 13.2 Å². The fourth-order valence-corrected chi connectivity index (χ4v) is 2.42. The number of esters is 1. The molecule has 1 atom stereocenters. The molecule has 2 heterocycles. The van der Waals surface area contributed by atoms with Gasteiger partial charge in [0, 0.05) is 19.5 Å². The normalized spacial score (nSPS) is 24.2. The molecule has 0 spiro atoms. The third-order valence-electron chi connectivity index (χ3n) is 3.44. The van der Waals surface area contributed by atoms with Crippen molar-refractivity contribution in [1.29, 1.82) is 0 Å². The van der Waals surface area contributed by atoms with E-state index in [1.165, 1.54) is 5.01 Å². The maximum atomic E-state index is 12.2. The van der Waals surface area contributed by atoms with Crippen molar-refractivity contribution in [3.63, 3.8) is 0 Å². The maximum absolute atomic E-state index is 12.2. The van der Waals surface area contributed by atoms with Gasteiger partial charge in [0.25, 0.3) is 5.91 Å². The van der Waals surface area contributed by atoms with Crippen LogP contribution in [0, 0.1) is 0 Å². The van der Waals surface area contributed by atoms with E-state index >= 15 is 0 Å². The minimum Gasteiger partial charge on any atom is -0.446 e. The van der Waals surface area contributed by atoms with E-state index in [1.807, 2.05) is 0 Å². The van der Waals surface area contributed by atoms with Gasteiger partial charge >= 0.3 is 12.1 Å². The molecule has 21 heavy (non-hydrogen) atoms. The molecule has 118 valence electrons. The van der Waals surface area contributed by atoms with E-state index in [0.717, 1.165) is 17.9 Å². The van der Waals surface area contributed by atoms with Crippen LogP contribution in [-0.2, 0) is 19.1 Å². The van der Waals surface area contributed by atoms with Crippen LogP contribution in [0.5, 0.6) is 0 Å². The fraction of sp³-hybridized carbons (Fsp3) is 0.750. The fourth-order valence-electron chi connectivity index (χ4n) is 2.42. The third-order valence-corrected chi connectivity index (χ3v) is 3.44. The molecule has 0 aromatic carbocycles. The zero-order valence-corrected chi connectivity index (χ0v) is 11.2. The second-order valence-corrected chi connectivity index (χ2v) is 4.97. The van der Waals surface area contributed by atoms with E-state index in [4.69, 9.17) is 0 Å². The Labute approximate surface area is 118 Å². The summed E-state index contributed by atoms with van der Waals surface area (Å²) in [6.45, 7) is 0.592. The van der Waals surface area contributed by atoms with Gasteiger partial charge in [0.1, 0.15) is 0 Å². The second-order valence-electron chi connectivity index (χ2n) is 4.97. The Hall–Kier alpha value is -1.80. The number of carbonyl (C=O) groups is 3. The summed E-state index contributed by atoms with van der Waals surface area (Å²) < 4.78 is 40.8. The smallest absolute Gasteiger partial charge is 0.446 e. The van der Waals surface area contributed by atoms with E-state index < -0.39 is 24.2 Å². The van der Waals surface area contributed by atoms with Crippen molar-refractivity contribution in [2.75, 3.05) is 13.1 Å². The molecule has 0 bridgehead atoms. The Morgan fingerprint density at radius 3 is 2.38 bits per heavy atom. The van der Waals surface area contributed by atoms with Gasteiger partial charge < -0.3 is 4.74 Å². The first-order valence-corrected chi connectivity index (χ1v) is 6.70. The zero-order valence-electron chi connectivity index (χ0n) is 11.2. The van der Waals surface area contributed by atoms with E-state index in [0.29, 0.717) is 19.4 Å². The highest BCUT2D eigenvalue weighted by molar-refractivity contribution is 5.88. The van der Waals surface area contributed by atoms with Gasteiger partial charge in [0.2, 0.25) is 5.91 Å². The van der Waals surface area contributed by atoms with Gasteiger partial charge in [0.15, 0.2) is 6.10 Å². The molecule has 0 aromatic heterocycles. The first-order chi connectivity index (χ1) is 9.80. The molecule has 2 amide bonds. The molecule has 2 aliphatic rings. The van der Waals surface area contributed by atoms with Crippen LogP contribution in [0.3, 0.4) is 0 Å². The standard InChI is InChI=1S/C12H15F3N2O4/c13-12(14,15)11(20)21-8-4-3-7-17(10(8)19)16-6-2-1-5-9(16)18/h8H,1-7H2. The van der Waals surface area contributed by atoms with Gasteiger partial charge in [-0.25, -0.2) is 9.80 Å². The van der Waals surface area contributed by atoms with Crippen LogP contribution in [0.25, 0.3) is 0 Å². The molecule has 0 radical (unpaired) electrons. The summed E-state index contributed by atoms with van der Waals surface area (Å²) in [6, 6.07) is 0. The van der Waals surface area contributed by atoms with Crippen molar-refractivity contribution in [3.8, 4) is 0 Å². The average molecular weight is 308 g/mol. The Balaban J connectivity index is 2.04. The minimum atomic E-state index is -5.14. The zero-order chi connectivity index (χ0) is 15.6. The number of hydrogen-bond acceptors (Lipinski definition) is 4. The summed E-state index contributed by atoms with van der Waals surface area (Å²) in [5, 5.41) is 2.36. The highest BCUT2D eigenvalue weighted by atomic mass is 19.4. The van der Waals surface area contributed by atoms with Gasteiger partial charge in [-0.05, 0) is 25.7 Å². The van der Waals surface area contributed by atoms with E-state index in [2.05, 4.69) is 4.74 Å². The Morgan fingerprint density at radius 2 is 1.76 bits per heavy atom. The van der Waals surface area contributed by atoms with Crippen molar-refractivity contribution in [3.05, 3.63) is 0 Å². The topological polar surface area (TPSA) is 66.9 Å². The highest BCUT2D eigenvalue weighted by Gasteiger charge is 2.45. The van der Waals surface area contributed by atoms with Crippen LogP contribution in [-0.4, -0.2) is 53.2 Å². The number of rotatable bonds is 2. The number of hydrazine groups is 1. The highest BCUT2D eigenvalue weighted by Crippen LogP contribution is 2.24. The molecule has 2 saturated heterocycles. The molecule has 0 aromatic rings. The van der Waals surface area contributed by atoms with Crippen molar-refractivity contribution in [2.45, 2.75) is 44.4 Å². The number of carbonyl (C=O) groups excluding carboxylic acids is 3. The van der Waals surface area contributed by atoms with Crippen molar-refractivity contribution >= 4 is 17.8 Å². The predicted octanol–water partition coefficient (Wildman–Crippen LogP) is 1.01. The molecule has 0 saturated carbocycles. The molecule has 2 aliphatic heterocycles. The molecule has 0 aliphatic carbocycles. The largest absolute Gasteiger partial charge is 0.490 e. The van der Waals surface area contributed by atoms with Crippen molar-refractivity contribution in [2.24, 2.45) is 0 Å². The lowest BCUT2D eigenvalue weighted by atomic mass is 10.1. The molecule has 2 fully saturated rings. The van der Waals surface area contributed by atoms with Crippen LogP contribution in [0.15, 0.2) is 0 Å². The number of alkyl halides is 3. The van der Waals surface area contributed by atoms with Gasteiger partial charge in [0.05, 0.1) is 0 Å². The van der Waals surface area contributed by atoms with Crippen molar-refractivity contribution < 1.29 is 32.3 Å². The predicted molar refractivity (Wildman–Crippen MR) is 62.4 cm³/mol. The lowest BCUT2D eigenvalue weighted by Gasteiger charge is -2.41. The van der Waals surface area contributed by atoms with Crippen LogP contribution in [0.2, 0.25) is 0 Å². The first kappa shape index (κ1) is 15.6. The summed E-state index contributed by atoms with van der Waals surface area (Å²) >= 11 is 0. The monoisotopic (exact) mass is 308 g/mol. The molecular weight excluding hydrogens is 293 g/mol. The van der Waals surface area contributed by atoms with E-state index in [-0.39, 0.29) is 18.9 Å². The minimum absolute atomic E-state index is 0.0270. The van der Waals surface area contributed by atoms with Crippen molar-refractivity contribution in [1.82, 2.24) is 10.0 Å². The lowest BCUT2D eigenvalue weighted by molar-refractivity contribution is -0.211. The summed E-state index contributed by atoms with van der Waals surface area (Å²) in [6.07, 6.45) is -4.47.